The fourth-order valence-corrected chi connectivity index (χ4v) is 5.94. The molecule has 1 atom stereocenters. The monoisotopic (exact) mass is 626 g/mol. The minimum absolute atomic E-state index is 0.0158. The van der Waals surface area contributed by atoms with Gasteiger partial charge in [-0.25, -0.2) is 0 Å². The number of carbonyl (C=O) groups is 2. The summed E-state index contributed by atoms with van der Waals surface area (Å²) in [5, 5.41) is 9.47. The van der Waals surface area contributed by atoms with Crippen LogP contribution in [-0.2, 0) is 19.1 Å². The Balaban J connectivity index is 4.05. The number of carbonyl (C=O) groups excluding carboxylic acids is 2. The van der Waals surface area contributed by atoms with Gasteiger partial charge in [-0.1, -0.05) is 130 Å². The zero-order chi connectivity index (χ0) is 32.5. The van der Waals surface area contributed by atoms with Gasteiger partial charge in [0.25, 0.3) is 0 Å². The molecule has 0 fully saturated rings. The lowest BCUT2D eigenvalue weighted by Crippen LogP contribution is -2.29. The first-order chi connectivity index (χ1) is 21.5. The van der Waals surface area contributed by atoms with E-state index in [1.165, 1.54) is 83.5 Å². The molecule has 1 N–H and O–H groups in total. The quantitative estimate of drug-likeness (QED) is 0.0566. The van der Waals surface area contributed by atoms with Crippen LogP contribution in [0.1, 0.15) is 188 Å². The smallest absolute Gasteiger partial charge is 0.308 e. The molecule has 0 spiro atoms. The molecule has 44 heavy (non-hydrogen) atoms. The van der Waals surface area contributed by atoms with E-state index in [2.05, 4.69) is 18.7 Å². The highest BCUT2D eigenvalue weighted by Gasteiger charge is 2.19. The van der Waals surface area contributed by atoms with Crippen LogP contribution in [0.4, 0.5) is 0 Å². The summed E-state index contributed by atoms with van der Waals surface area (Å²) in [6.07, 6.45) is 28.8. The minimum Gasteiger partial charge on any atom is -0.465 e. The first-order valence-electron chi connectivity index (χ1n) is 19.2. The molecule has 0 bridgehead atoms. The predicted molar refractivity (Wildman–Crippen MR) is 186 cm³/mol. The van der Waals surface area contributed by atoms with Gasteiger partial charge >= 0.3 is 11.9 Å². The predicted octanol–water partition coefficient (Wildman–Crippen LogP) is 10.2. The number of hydrogen-bond donors (Lipinski definition) is 1. The van der Waals surface area contributed by atoms with Gasteiger partial charge in [-0.05, 0) is 65.0 Å². The third-order valence-corrected chi connectivity index (χ3v) is 8.88. The summed E-state index contributed by atoms with van der Waals surface area (Å²) >= 11 is 0. The van der Waals surface area contributed by atoms with E-state index in [-0.39, 0.29) is 30.6 Å². The third kappa shape index (κ3) is 28.3. The van der Waals surface area contributed by atoms with Crippen LogP contribution in [0.15, 0.2) is 0 Å². The summed E-state index contributed by atoms with van der Waals surface area (Å²) in [7, 11) is 0. The fourth-order valence-electron chi connectivity index (χ4n) is 5.94. The average molecular weight is 626 g/mol. The molecule has 0 aliphatic rings. The van der Waals surface area contributed by atoms with Crippen molar-refractivity contribution in [3.05, 3.63) is 0 Å². The third-order valence-electron chi connectivity index (χ3n) is 8.88. The lowest BCUT2D eigenvalue weighted by Gasteiger charge is -2.21. The molecule has 0 aliphatic heterocycles. The number of aliphatic hydroxyl groups is 1. The van der Waals surface area contributed by atoms with Crippen LogP contribution in [0.5, 0.6) is 0 Å². The molecule has 0 aromatic carbocycles. The Morgan fingerprint density at radius 2 is 1.05 bits per heavy atom. The van der Waals surface area contributed by atoms with Crippen molar-refractivity contribution < 1.29 is 24.2 Å². The zero-order valence-electron chi connectivity index (χ0n) is 29.9. The summed E-state index contributed by atoms with van der Waals surface area (Å²) in [4.78, 5) is 26.7. The van der Waals surface area contributed by atoms with E-state index < -0.39 is 0 Å². The van der Waals surface area contributed by atoms with Crippen molar-refractivity contribution in [1.82, 2.24) is 4.90 Å². The maximum atomic E-state index is 12.9. The number of rotatable bonds is 34. The van der Waals surface area contributed by atoms with Gasteiger partial charge in [-0.3, -0.25) is 9.59 Å². The van der Waals surface area contributed by atoms with Crippen molar-refractivity contribution in [2.24, 2.45) is 5.92 Å². The Kier molecular flexibility index (Phi) is 32.4. The van der Waals surface area contributed by atoms with Crippen molar-refractivity contribution in [2.45, 2.75) is 194 Å². The summed E-state index contributed by atoms with van der Waals surface area (Å²) in [6.45, 7) is 11.9. The first-order valence-corrected chi connectivity index (χ1v) is 19.2. The molecule has 1 unspecified atom stereocenters. The molecular weight excluding hydrogens is 550 g/mol. The Hall–Kier alpha value is -1.14. The lowest BCUT2D eigenvalue weighted by atomic mass is 9.94. The second-order valence-corrected chi connectivity index (χ2v) is 13.2. The molecule has 0 heterocycles. The highest BCUT2D eigenvalue weighted by Crippen LogP contribution is 2.21. The summed E-state index contributed by atoms with van der Waals surface area (Å²) in [5.74, 6) is 0.0435. The van der Waals surface area contributed by atoms with Crippen molar-refractivity contribution >= 4 is 11.9 Å². The van der Waals surface area contributed by atoms with Crippen molar-refractivity contribution in [3.63, 3.8) is 0 Å². The highest BCUT2D eigenvalue weighted by atomic mass is 16.5. The van der Waals surface area contributed by atoms with E-state index in [0.29, 0.717) is 13.0 Å². The van der Waals surface area contributed by atoms with Crippen LogP contribution in [0, 0.1) is 5.92 Å². The molecule has 0 saturated carbocycles. The van der Waals surface area contributed by atoms with Crippen LogP contribution in [0.3, 0.4) is 0 Å². The van der Waals surface area contributed by atoms with E-state index in [1.54, 1.807) is 0 Å². The number of aliphatic hydroxyl groups excluding tert-OH is 1. The largest absolute Gasteiger partial charge is 0.465 e. The van der Waals surface area contributed by atoms with Gasteiger partial charge in [-0.15, -0.1) is 0 Å². The van der Waals surface area contributed by atoms with Crippen molar-refractivity contribution in [1.29, 1.82) is 0 Å². The van der Waals surface area contributed by atoms with Crippen molar-refractivity contribution in [3.8, 4) is 0 Å². The average Bonchev–Trinajstić information content (AvgIpc) is 3.01. The second-order valence-electron chi connectivity index (χ2n) is 13.2. The van der Waals surface area contributed by atoms with Gasteiger partial charge in [-0.2, -0.15) is 0 Å². The lowest BCUT2D eigenvalue weighted by molar-refractivity contribution is -0.149. The normalized spacial score (nSPS) is 12.2. The molecule has 0 aliphatic carbocycles. The molecule has 6 heteroatoms. The van der Waals surface area contributed by atoms with Crippen LogP contribution in [0.2, 0.25) is 0 Å². The number of ether oxygens (including phenoxy) is 2. The minimum atomic E-state index is -0.109. The summed E-state index contributed by atoms with van der Waals surface area (Å²) < 4.78 is 11.1. The molecule has 0 saturated heterocycles. The number of nitrogens with zero attached hydrogens (tertiary/aromatic N) is 1. The van der Waals surface area contributed by atoms with Gasteiger partial charge in [0.15, 0.2) is 0 Å². The van der Waals surface area contributed by atoms with E-state index in [0.717, 1.165) is 90.3 Å². The Bertz CT molecular complexity index is 612. The molecule has 6 nitrogen and oxygen atoms in total. The zero-order valence-corrected chi connectivity index (χ0v) is 29.9. The molecular formula is C38H75NO5. The summed E-state index contributed by atoms with van der Waals surface area (Å²) in [5.41, 5.74) is 0. The molecule has 0 radical (unpaired) electrons. The highest BCUT2D eigenvalue weighted by molar-refractivity contribution is 5.72. The van der Waals surface area contributed by atoms with Gasteiger partial charge in [0, 0.05) is 13.0 Å². The Labute approximate surface area is 273 Å². The molecule has 0 aromatic rings. The SMILES string of the molecule is CCCCCCCCC(CCCCCCCC)C(=O)OCCCCCCCN(CCO)CCCCCCC(C)OC(=O)CC. The maximum absolute atomic E-state index is 12.9. The van der Waals surface area contributed by atoms with E-state index in [1.807, 2.05) is 13.8 Å². The second kappa shape index (κ2) is 33.2. The van der Waals surface area contributed by atoms with Gasteiger partial charge in [0.2, 0.25) is 0 Å². The number of esters is 2. The molecule has 0 rings (SSSR count). The van der Waals surface area contributed by atoms with Gasteiger partial charge < -0.3 is 19.5 Å². The van der Waals surface area contributed by atoms with E-state index in [9.17, 15) is 14.7 Å². The standard InChI is InChI=1S/C38H75NO5/c1-5-8-10-12-15-22-28-36(29-23-16-13-11-9-6-2)38(42)43-34-26-20-14-18-24-30-39(32-33-40)31-25-19-17-21-27-35(4)44-37(41)7-3/h35-36,40H,5-34H2,1-4H3. The molecule has 0 amide bonds. The summed E-state index contributed by atoms with van der Waals surface area (Å²) in [6, 6.07) is 0. The van der Waals surface area contributed by atoms with Crippen molar-refractivity contribution in [2.75, 3.05) is 32.8 Å². The molecule has 0 aromatic heterocycles. The van der Waals surface area contributed by atoms with Crippen LogP contribution >= 0.6 is 0 Å². The van der Waals surface area contributed by atoms with Gasteiger partial charge in [0.05, 0.1) is 25.2 Å². The van der Waals surface area contributed by atoms with Crippen LogP contribution < -0.4 is 0 Å². The number of unbranched alkanes of at least 4 members (excludes halogenated alkanes) is 17. The van der Waals surface area contributed by atoms with E-state index >= 15 is 0 Å². The Morgan fingerprint density at radius 1 is 0.591 bits per heavy atom. The molecule has 262 valence electrons. The van der Waals surface area contributed by atoms with E-state index in [4.69, 9.17) is 9.47 Å². The Morgan fingerprint density at radius 3 is 1.55 bits per heavy atom. The maximum Gasteiger partial charge on any atom is 0.308 e. The van der Waals surface area contributed by atoms with Crippen LogP contribution in [0.25, 0.3) is 0 Å². The first kappa shape index (κ1) is 42.9. The topological polar surface area (TPSA) is 76.1 Å². The fraction of sp³-hybridized carbons (Fsp3) is 0.947. The number of hydrogen-bond acceptors (Lipinski definition) is 6. The van der Waals surface area contributed by atoms with Gasteiger partial charge in [0.1, 0.15) is 0 Å². The van der Waals surface area contributed by atoms with Crippen LogP contribution in [-0.4, -0.2) is 60.9 Å².